The van der Waals surface area contributed by atoms with Crippen molar-refractivity contribution in [1.82, 2.24) is 20.0 Å². The lowest BCUT2D eigenvalue weighted by Gasteiger charge is -2.24. The highest BCUT2D eigenvalue weighted by Gasteiger charge is 2.33. The molecule has 25 heavy (non-hydrogen) atoms. The van der Waals surface area contributed by atoms with Crippen molar-refractivity contribution in [3.63, 3.8) is 0 Å². The Bertz CT molecular complexity index is 757. The molecule has 3 rings (SSSR count). The molecule has 132 valence electrons. The molecule has 6 nitrogen and oxygen atoms in total. The Kier molecular flexibility index (Phi) is 5.38. The van der Waals surface area contributed by atoms with Gasteiger partial charge in [0.1, 0.15) is 6.04 Å². The first-order valence-electron chi connectivity index (χ1n) is 8.32. The van der Waals surface area contributed by atoms with Crippen LogP contribution in [0.1, 0.15) is 24.0 Å². The summed E-state index contributed by atoms with van der Waals surface area (Å²) < 4.78 is 1.67. The monoisotopic (exact) mass is 360 g/mol. The Balaban J connectivity index is 1.57. The highest BCUT2D eigenvalue weighted by Crippen LogP contribution is 2.19. The van der Waals surface area contributed by atoms with Gasteiger partial charge in [0.05, 0.1) is 12.6 Å². The smallest absolute Gasteiger partial charge is 0.243 e. The number of carbonyl (C=O) groups is 2. The normalized spacial score (nSPS) is 16.9. The fraction of sp³-hybridized carbons (Fsp3) is 0.389. The van der Waals surface area contributed by atoms with Crippen molar-refractivity contribution in [2.24, 2.45) is 7.05 Å². The first-order chi connectivity index (χ1) is 12.0. The van der Waals surface area contributed by atoms with Crippen LogP contribution in [-0.2, 0) is 29.6 Å². The lowest BCUT2D eigenvalue weighted by molar-refractivity contribution is -0.138. The van der Waals surface area contributed by atoms with E-state index in [1.54, 1.807) is 27.9 Å². The highest BCUT2D eigenvalue weighted by atomic mass is 35.5. The maximum Gasteiger partial charge on any atom is 0.243 e. The molecule has 2 amide bonds. The molecule has 7 heteroatoms. The molecule has 1 aliphatic rings. The molecule has 0 saturated carbocycles. The number of hydrogen-bond donors (Lipinski definition) is 1. The van der Waals surface area contributed by atoms with Gasteiger partial charge in [-0.15, -0.1) is 0 Å². The van der Waals surface area contributed by atoms with E-state index >= 15 is 0 Å². The molecule has 0 unspecified atom stereocenters. The number of benzene rings is 1. The molecule has 1 aromatic carbocycles. The number of hydrogen-bond acceptors (Lipinski definition) is 3. The quantitative estimate of drug-likeness (QED) is 0.885. The van der Waals surface area contributed by atoms with Gasteiger partial charge in [-0.25, -0.2) is 0 Å². The fourth-order valence-electron chi connectivity index (χ4n) is 3.09. The van der Waals surface area contributed by atoms with Crippen molar-refractivity contribution < 1.29 is 9.59 Å². The molecule has 2 heterocycles. The summed E-state index contributed by atoms with van der Waals surface area (Å²) in [6.07, 6.45) is 5.32. The van der Waals surface area contributed by atoms with Crippen LogP contribution in [0.2, 0.25) is 5.02 Å². The molecule has 1 N–H and O–H groups in total. The second kappa shape index (κ2) is 7.70. The zero-order valence-corrected chi connectivity index (χ0v) is 14.9. The summed E-state index contributed by atoms with van der Waals surface area (Å²) in [5.41, 5.74) is 1.84. The van der Waals surface area contributed by atoms with Crippen molar-refractivity contribution in [2.75, 3.05) is 6.54 Å². The van der Waals surface area contributed by atoms with Gasteiger partial charge < -0.3 is 10.2 Å². The summed E-state index contributed by atoms with van der Waals surface area (Å²) in [6, 6.07) is 6.95. The van der Waals surface area contributed by atoms with Gasteiger partial charge in [-0.3, -0.25) is 14.3 Å². The van der Waals surface area contributed by atoms with E-state index in [2.05, 4.69) is 10.4 Å². The molecule has 1 atom stereocenters. The van der Waals surface area contributed by atoms with Crippen LogP contribution in [0.25, 0.3) is 0 Å². The van der Waals surface area contributed by atoms with E-state index in [0.717, 1.165) is 17.5 Å². The second-order valence-electron chi connectivity index (χ2n) is 6.29. The minimum atomic E-state index is -0.392. The zero-order valence-electron chi connectivity index (χ0n) is 14.1. The van der Waals surface area contributed by atoms with Gasteiger partial charge in [0.25, 0.3) is 0 Å². The molecule has 0 radical (unpaired) electrons. The average Bonchev–Trinajstić information content (AvgIpc) is 3.23. The molecule has 1 aliphatic heterocycles. The van der Waals surface area contributed by atoms with Gasteiger partial charge in [-0.1, -0.05) is 23.7 Å². The summed E-state index contributed by atoms with van der Waals surface area (Å²) in [5.74, 6) is -0.135. The molecule has 0 spiro atoms. The highest BCUT2D eigenvalue weighted by molar-refractivity contribution is 6.30. The number of amides is 2. The maximum absolute atomic E-state index is 12.5. The third-order valence-electron chi connectivity index (χ3n) is 4.37. The average molecular weight is 361 g/mol. The fourth-order valence-corrected chi connectivity index (χ4v) is 3.21. The number of carbonyl (C=O) groups excluding carboxylic acids is 2. The molecule has 1 saturated heterocycles. The Labute approximate surface area is 151 Å². The number of nitrogens with one attached hydrogen (secondary N) is 1. The van der Waals surface area contributed by atoms with Crippen molar-refractivity contribution in [2.45, 2.75) is 31.8 Å². The van der Waals surface area contributed by atoms with Crippen LogP contribution in [0.5, 0.6) is 0 Å². The molecule has 1 fully saturated rings. The molecule has 1 aromatic heterocycles. The predicted octanol–water partition coefficient (Wildman–Crippen LogP) is 1.92. The maximum atomic E-state index is 12.5. The van der Waals surface area contributed by atoms with Crippen molar-refractivity contribution in [3.8, 4) is 0 Å². The number of aryl methyl sites for hydroxylation is 1. The first kappa shape index (κ1) is 17.5. The van der Waals surface area contributed by atoms with E-state index in [9.17, 15) is 9.59 Å². The Hall–Kier alpha value is -2.34. The van der Waals surface area contributed by atoms with E-state index in [-0.39, 0.29) is 18.2 Å². The largest absolute Gasteiger partial charge is 0.350 e. The molecule has 0 aliphatic carbocycles. The number of halogens is 1. The Morgan fingerprint density at radius 1 is 1.28 bits per heavy atom. The van der Waals surface area contributed by atoms with Gasteiger partial charge in [-0.2, -0.15) is 5.10 Å². The van der Waals surface area contributed by atoms with Gasteiger partial charge in [0, 0.05) is 31.4 Å². The Morgan fingerprint density at radius 2 is 2.04 bits per heavy atom. The number of nitrogens with zero attached hydrogens (tertiary/aromatic N) is 3. The van der Waals surface area contributed by atoms with E-state index in [1.807, 2.05) is 25.4 Å². The second-order valence-corrected chi connectivity index (χ2v) is 6.72. The van der Waals surface area contributed by atoms with E-state index in [4.69, 9.17) is 11.6 Å². The van der Waals surface area contributed by atoms with E-state index < -0.39 is 6.04 Å². The first-order valence-corrected chi connectivity index (χ1v) is 8.70. The third kappa shape index (κ3) is 4.39. The SMILES string of the molecule is Cn1cc(CC(=O)N2CCC[C@H]2C(=O)NCc2ccc(Cl)cc2)cn1. The summed E-state index contributed by atoms with van der Waals surface area (Å²) in [5, 5.41) is 7.66. The summed E-state index contributed by atoms with van der Waals surface area (Å²) in [4.78, 5) is 26.7. The molecular formula is C18H21ClN4O2. The molecule has 0 bridgehead atoms. The molecular weight excluding hydrogens is 340 g/mol. The zero-order chi connectivity index (χ0) is 17.8. The predicted molar refractivity (Wildman–Crippen MR) is 94.9 cm³/mol. The Morgan fingerprint density at radius 3 is 2.72 bits per heavy atom. The van der Waals surface area contributed by atoms with Gasteiger partial charge >= 0.3 is 0 Å². The third-order valence-corrected chi connectivity index (χ3v) is 4.62. The minimum Gasteiger partial charge on any atom is -0.350 e. The lowest BCUT2D eigenvalue weighted by Crippen LogP contribution is -2.46. The number of likely N-dealkylation sites (tertiary alicyclic amines) is 1. The summed E-state index contributed by atoms with van der Waals surface area (Å²) in [7, 11) is 1.82. The van der Waals surface area contributed by atoms with E-state index in [1.165, 1.54) is 0 Å². The van der Waals surface area contributed by atoms with Crippen molar-refractivity contribution >= 4 is 23.4 Å². The number of rotatable bonds is 5. The van der Waals surface area contributed by atoms with Crippen LogP contribution < -0.4 is 5.32 Å². The van der Waals surface area contributed by atoms with Crippen molar-refractivity contribution in [1.29, 1.82) is 0 Å². The van der Waals surface area contributed by atoms with Crippen LogP contribution in [0, 0.1) is 0 Å². The number of aromatic nitrogens is 2. The minimum absolute atomic E-state index is 0.0304. The van der Waals surface area contributed by atoms with Crippen LogP contribution >= 0.6 is 11.6 Å². The van der Waals surface area contributed by atoms with Gasteiger partial charge in [0.15, 0.2) is 0 Å². The lowest BCUT2D eigenvalue weighted by atomic mass is 10.1. The standard InChI is InChI=1S/C18H21ClN4O2/c1-22-12-14(11-21-22)9-17(24)23-8-2-3-16(23)18(25)20-10-13-4-6-15(19)7-5-13/h4-7,11-12,16H,2-3,8-10H2,1H3,(H,20,25)/t16-/m0/s1. The van der Waals surface area contributed by atoms with Crippen LogP contribution in [-0.4, -0.2) is 39.1 Å². The van der Waals surface area contributed by atoms with Crippen LogP contribution in [0.3, 0.4) is 0 Å². The van der Waals surface area contributed by atoms with Crippen LogP contribution in [0.15, 0.2) is 36.7 Å². The van der Waals surface area contributed by atoms with E-state index in [0.29, 0.717) is 24.5 Å². The summed E-state index contributed by atoms with van der Waals surface area (Å²) in [6.45, 7) is 1.05. The molecule has 2 aromatic rings. The topological polar surface area (TPSA) is 67.2 Å². The van der Waals surface area contributed by atoms with Crippen LogP contribution in [0.4, 0.5) is 0 Å². The van der Waals surface area contributed by atoms with Gasteiger partial charge in [0.2, 0.25) is 11.8 Å². The van der Waals surface area contributed by atoms with Gasteiger partial charge in [-0.05, 0) is 36.1 Å². The van der Waals surface area contributed by atoms with Crippen molar-refractivity contribution in [3.05, 3.63) is 52.8 Å². The summed E-state index contributed by atoms with van der Waals surface area (Å²) >= 11 is 5.86.